The molecule has 0 aliphatic rings. The minimum atomic E-state index is -0.969. The first-order valence-electron chi connectivity index (χ1n) is 4.33. The summed E-state index contributed by atoms with van der Waals surface area (Å²) in [6.07, 6.45) is 0. The second-order valence-corrected chi connectivity index (χ2v) is 3.59. The minimum Gasteiger partial charge on any atom is -0.496 e. The summed E-state index contributed by atoms with van der Waals surface area (Å²) in [5.41, 5.74) is -0.591. The van der Waals surface area contributed by atoms with Crippen molar-refractivity contribution in [1.82, 2.24) is 0 Å². The smallest absolute Gasteiger partial charge is 0.162 e. The zero-order chi connectivity index (χ0) is 11.6. The first-order valence-corrected chi connectivity index (χ1v) is 4.33. The van der Waals surface area contributed by atoms with Crippen LogP contribution in [-0.2, 0) is 10.4 Å². The van der Waals surface area contributed by atoms with Gasteiger partial charge in [0.05, 0.1) is 7.11 Å². The number of halogens is 2. The van der Waals surface area contributed by atoms with Gasteiger partial charge in [-0.05, 0) is 19.9 Å². The molecule has 3 nitrogen and oxygen atoms in total. The molecule has 0 atom stereocenters. The van der Waals surface area contributed by atoms with Gasteiger partial charge in [-0.3, -0.25) is 4.84 Å². The van der Waals surface area contributed by atoms with Gasteiger partial charge in [0, 0.05) is 11.6 Å². The van der Waals surface area contributed by atoms with E-state index in [1.807, 2.05) is 0 Å². The molecule has 0 amide bonds. The number of methoxy groups -OCH3 is 1. The Morgan fingerprint density at radius 1 is 1.20 bits per heavy atom. The highest BCUT2D eigenvalue weighted by Crippen LogP contribution is 2.33. The van der Waals surface area contributed by atoms with Gasteiger partial charge in [0.1, 0.15) is 11.4 Å². The Bertz CT molecular complexity index is 367. The Hall–Kier alpha value is -1.20. The maximum Gasteiger partial charge on any atom is 0.162 e. The van der Waals surface area contributed by atoms with E-state index in [-0.39, 0.29) is 5.75 Å². The van der Waals surface area contributed by atoms with Crippen molar-refractivity contribution in [2.75, 3.05) is 7.11 Å². The number of hydrogen-bond acceptors (Lipinski definition) is 3. The van der Waals surface area contributed by atoms with E-state index in [0.29, 0.717) is 5.56 Å². The van der Waals surface area contributed by atoms with Crippen molar-refractivity contribution in [1.29, 1.82) is 0 Å². The molecule has 0 bridgehead atoms. The highest BCUT2D eigenvalue weighted by molar-refractivity contribution is 5.38. The lowest BCUT2D eigenvalue weighted by Crippen LogP contribution is -2.26. The van der Waals surface area contributed by atoms with Gasteiger partial charge < -0.3 is 4.74 Å². The summed E-state index contributed by atoms with van der Waals surface area (Å²) in [7, 11) is 1.36. The summed E-state index contributed by atoms with van der Waals surface area (Å²) in [4.78, 5) is 4.69. The lowest BCUT2D eigenvalue weighted by Gasteiger charge is -2.24. The van der Waals surface area contributed by atoms with Gasteiger partial charge in [-0.15, -0.1) is 0 Å². The van der Waals surface area contributed by atoms with Gasteiger partial charge >= 0.3 is 0 Å². The van der Waals surface area contributed by atoms with E-state index in [9.17, 15) is 8.78 Å². The molecule has 0 spiro atoms. The van der Waals surface area contributed by atoms with Crippen LogP contribution < -0.4 is 10.6 Å². The average molecular weight is 217 g/mol. The Balaban J connectivity index is 3.34. The molecule has 0 aliphatic carbocycles. The first-order chi connectivity index (χ1) is 6.92. The standard InChI is InChI=1S/C10H13F2NO2/c1-10(2,15-13)6-4-7(11)8(12)5-9(6)14-3/h4-5H,13H2,1-3H3. The normalized spacial score (nSPS) is 11.6. The van der Waals surface area contributed by atoms with Crippen LogP contribution in [-0.4, -0.2) is 7.11 Å². The Labute approximate surface area is 86.7 Å². The molecule has 0 radical (unpaired) electrons. The van der Waals surface area contributed by atoms with Crippen LogP contribution in [0, 0.1) is 11.6 Å². The van der Waals surface area contributed by atoms with E-state index < -0.39 is 17.2 Å². The van der Waals surface area contributed by atoms with Crippen molar-refractivity contribution < 1.29 is 18.4 Å². The van der Waals surface area contributed by atoms with E-state index in [1.165, 1.54) is 7.11 Å². The maximum absolute atomic E-state index is 13.0. The van der Waals surface area contributed by atoms with Crippen LogP contribution in [0.1, 0.15) is 19.4 Å². The van der Waals surface area contributed by atoms with Crippen LogP contribution in [0.4, 0.5) is 8.78 Å². The number of nitrogens with two attached hydrogens (primary N) is 1. The van der Waals surface area contributed by atoms with Gasteiger partial charge in [0.2, 0.25) is 0 Å². The van der Waals surface area contributed by atoms with Crippen molar-refractivity contribution >= 4 is 0 Å². The van der Waals surface area contributed by atoms with Crippen LogP contribution in [0.2, 0.25) is 0 Å². The monoisotopic (exact) mass is 217 g/mol. The van der Waals surface area contributed by atoms with E-state index in [1.54, 1.807) is 13.8 Å². The Morgan fingerprint density at radius 2 is 1.73 bits per heavy atom. The molecule has 0 saturated heterocycles. The number of hydrogen-bond donors (Lipinski definition) is 1. The van der Waals surface area contributed by atoms with Crippen molar-refractivity contribution in [3.8, 4) is 5.75 Å². The van der Waals surface area contributed by atoms with Crippen LogP contribution in [0.5, 0.6) is 5.75 Å². The zero-order valence-corrected chi connectivity index (χ0v) is 8.80. The third kappa shape index (κ3) is 2.24. The number of rotatable bonds is 3. The summed E-state index contributed by atoms with van der Waals surface area (Å²) in [5.74, 6) is 3.35. The molecule has 1 aromatic rings. The lowest BCUT2D eigenvalue weighted by atomic mass is 9.97. The largest absolute Gasteiger partial charge is 0.496 e. The third-order valence-electron chi connectivity index (χ3n) is 2.19. The van der Waals surface area contributed by atoms with Crippen molar-refractivity contribution in [2.45, 2.75) is 19.4 Å². The van der Waals surface area contributed by atoms with Crippen LogP contribution in [0.15, 0.2) is 12.1 Å². The van der Waals surface area contributed by atoms with Crippen molar-refractivity contribution in [3.05, 3.63) is 29.3 Å². The summed E-state index contributed by atoms with van der Waals surface area (Å²) in [6, 6.07) is 1.98. The minimum absolute atomic E-state index is 0.198. The highest BCUT2D eigenvalue weighted by atomic mass is 19.2. The molecule has 0 fully saturated rings. The fourth-order valence-electron chi connectivity index (χ4n) is 1.23. The maximum atomic E-state index is 13.0. The molecule has 2 N–H and O–H groups in total. The molecule has 84 valence electrons. The van der Waals surface area contributed by atoms with Gasteiger partial charge in [-0.1, -0.05) is 0 Å². The van der Waals surface area contributed by atoms with Gasteiger partial charge in [0.15, 0.2) is 11.6 Å². The molecule has 1 aromatic carbocycles. The lowest BCUT2D eigenvalue weighted by molar-refractivity contribution is -0.0253. The molecule has 0 heterocycles. The molecule has 0 aliphatic heterocycles. The van der Waals surface area contributed by atoms with Crippen LogP contribution in [0.3, 0.4) is 0 Å². The molecule has 1 rings (SSSR count). The number of ether oxygens (including phenoxy) is 1. The summed E-state index contributed by atoms with van der Waals surface area (Å²) >= 11 is 0. The van der Waals surface area contributed by atoms with Gasteiger partial charge in [-0.25, -0.2) is 14.7 Å². The second-order valence-electron chi connectivity index (χ2n) is 3.59. The predicted molar refractivity (Wildman–Crippen MR) is 51.2 cm³/mol. The Morgan fingerprint density at radius 3 is 2.20 bits per heavy atom. The topological polar surface area (TPSA) is 44.5 Å². The molecular formula is C10H13F2NO2. The van der Waals surface area contributed by atoms with Crippen LogP contribution >= 0.6 is 0 Å². The van der Waals surface area contributed by atoms with E-state index >= 15 is 0 Å². The van der Waals surface area contributed by atoms with Crippen LogP contribution in [0.25, 0.3) is 0 Å². The van der Waals surface area contributed by atoms with Crippen molar-refractivity contribution in [3.63, 3.8) is 0 Å². The summed E-state index contributed by atoms with van der Waals surface area (Å²) in [5, 5.41) is 0. The molecule has 0 aromatic heterocycles. The molecule has 0 unspecified atom stereocenters. The number of benzene rings is 1. The Kier molecular flexibility index (Phi) is 3.26. The van der Waals surface area contributed by atoms with E-state index in [0.717, 1.165) is 12.1 Å². The predicted octanol–water partition coefficient (Wildman–Crippen LogP) is 2.10. The molecule has 0 saturated carbocycles. The average Bonchev–Trinajstić information content (AvgIpc) is 2.21. The summed E-state index contributed by atoms with van der Waals surface area (Å²) < 4.78 is 30.9. The van der Waals surface area contributed by atoms with E-state index in [2.05, 4.69) is 0 Å². The first kappa shape index (κ1) is 11.9. The molecule has 15 heavy (non-hydrogen) atoms. The van der Waals surface area contributed by atoms with Gasteiger partial charge in [-0.2, -0.15) is 0 Å². The highest BCUT2D eigenvalue weighted by Gasteiger charge is 2.26. The zero-order valence-electron chi connectivity index (χ0n) is 8.80. The second kappa shape index (κ2) is 4.12. The third-order valence-corrected chi connectivity index (χ3v) is 2.19. The van der Waals surface area contributed by atoms with E-state index in [4.69, 9.17) is 15.5 Å². The van der Waals surface area contributed by atoms with Crippen molar-refractivity contribution in [2.24, 2.45) is 5.90 Å². The van der Waals surface area contributed by atoms with Gasteiger partial charge in [0.25, 0.3) is 0 Å². The fourth-order valence-corrected chi connectivity index (χ4v) is 1.23. The summed E-state index contributed by atoms with van der Waals surface area (Å²) in [6.45, 7) is 3.25. The SMILES string of the molecule is COc1cc(F)c(F)cc1C(C)(C)ON. The molecular weight excluding hydrogens is 204 g/mol. The fraction of sp³-hybridized carbons (Fsp3) is 0.400. The quantitative estimate of drug-likeness (QED) is 0.788. The molecule has 5 heteroatoms.